The molecule has 0 saturated carbocycles. The van der Waals surface area contributed by atoms with Crippen LogP contribution in [0.15, 0.2) is 28.9 Å². The van der Waals surface area contributed by atoms with Gasteiger partial charge < -0.3 is 10.2 Å². The lowest BCUT2D eigenvalue weighted by molar-refractivity contribution is 0.569. The fourth-order valence-corrected chi connectivity index (χ4v) is 1.24. The van der Waals surface area contributed by atoms with Crippen molar-refractivity contribution in [1.29, 1.82) is 0 Å². The molecule has 0 amide bonds. The number of hydrogen-bond acceptors (Lipinski definition) is 4. The Morgan fingerprint density at radius 2 is 2.07 bits per heavy atom. The Labute approximate surface area is 88.2 Å². The monoisotopic (exact) mass is 203 g/mol. The van der Waals surface area contributed by atoms with E-state index in [4.69, 9.17) is 10.2 Å². The first kappa shape index (κ1) is 9.71. The summed E-state index contributed by atoms with van der Waals surface area (Å²) in [6.07, 6.45) is 1.66. The molecule has 0 saturated heterocycles. The van der Waals surface area contributed by atoms with Crippen molar-refractivity contribution < 1.29 is 4.42 Å². The van der Waals surface area contributed by atoms with E-state index in [9.17, 15) is 0 Å². The van der Waals surface area contributed by atoms with Crippen LogP contribution in [0.3, 0.4) is 0 Å². The fraction of sp³-hybridized carbons (Fsp3) is 0.273. The second-order valence-electron chi connectivity index (χ2n) is 3.68. The second-order valence-corrected chi connectivity index (χ2v) is 3.68. The molecule has 2 N–H and O–H groups in total. The molecule has 0 radical (unpaired) electrons. The first-order valence-electron chi connectivity index (χ1n) is 4.85. The van der Waals surface area contributed by atoms with E-state index in [-0.39, 0.29) is 0 Å². The molecule has 0 unspecified atom stereocenters. The molecule has 2 aromatic rings. The van der Waals surface area contributed by atoms with Crippen molar-refractivity contribution in [3.8, 4) is 11.6 Å². The van der Waals surface area contributed by atoms with Crippen LogP contribution in [0.5, 0.6) is 0 Å². The average molecular weight is 203 g/mol. The maximum absolute atomic E-state index is 5.58. The summed E-state index contributed by atoms with van der Waals surface area (Å²) in [6, 6.07) is 5.39. The standard InChI is InChI=1S/C11H13N3O/c1-7(2)9-6-15-11(14-9)8-4-3-5-10(12)13-8/h3-7H,1-2H3,(H2,12,13). The molecule has 4 nitrogen and oxygen atoms in total. The average Bonchev–Trinajstić information content (AvgIpc) is 2.66. The fourth-order valence-electron chi connectivity index (χ4n) is 1.24. The van der Waals surface area contributed by atoms with Crippen LogP contribution < -0.4 is 5.73 Å². The lowest BCUT2D eigenvalue weighted by Gasteiger charge is -1.96. The number of nitrogens with two attached hydrogens (primary N) is 1. The maximum atomic E-state index is 5.58. The van der Waals surface area contributed by atoms with Crippen molar-refractivity contribution >= 4 is 5.82 Å². The molecule has 0 spiro atoms. The van der Waals surface area contributed by atoms with E-state index >= 15 is 0 Å². The lowest BCUT2D eigenvalue weighted by atomic mass is 10.2. The molecule has 0 bridgehead atoms. The zero-order chi connectivity index (χ0) is 10.8. The van der Waals surface area contributed by atoms with E-state index < -0.39 is 0 Å². The van der Waals surface area contributed by atoms with Crippen LogP contribution in [0.1, 0.15) is 25.5 Å². The van der Waals surface area contributed by atoms with Crippen LogP contribution in [0.4, 0.5) is 5.82 Å². The summed E-state index contributed by atoms with van der Waals surface area (Å²) in [6.45, 7) is 4.13. The van der Waals surface area contributed by atoms with Crippen LogP contribution >= 0.6 is 0 Å². The van der Waals surface area contributed by atoms with E-state index in [0.717, 1.165) is 5.69 Å². The Kier molecular flexibility index (Phi) is 2.41. The van der Waals surface area contributed by atoms with E-state index in [2.05, 4.69) is 23.8 Å². The number of oxazole rings is 1. The first-order valence-corrected chi connectivity index (χ1v) is 4.85. The molecule has 0 aliphatic carbocycles. The van der Waals surface area contributed by atoms with Crippen molar-refractivity contribution in [1.82, 2.24) is 9.97 Å². The normalized spacial score (nSPS) is 10.9. The number of nitrogen functional groups attached to an aromatic ring is 1. The first-order chi connectivity index (χ1) is 7.16. The van der Waals surface area contributed by atoms with Gasteiger partial charge in [0.1, 0.15) is 17.8 Å². The number of aromatic nitrogens is 2. The van der Waals surface area contributed by atoms with Crippen molar-refractivity contribution in [3.05, 3.63) is 30.2 Å². The summed E-state index contributed by atoms with van der Waals surface area (Å²) in [7, 11) is 0. The Hall–Kier alpha value is -1.84. The SMILES string of the molecule is CC(C)c1coc(-c2cccc(N)n2)n1. The van der Waals surface area contributed by atoms with Gasteiger partial charge in [0, 0.05) is 0 Å². The minimum absolute atomic E-state index is 0.351. The Bertz CT molecular complexity index is 462. The topological polar surface area (TPSA) is 64.9 Å². The van der Waals surface area contributed by atoms with Gasteiger partial charge in [-0.1, -0.05) is 19.9 Å². The smallest absolute Gasteiger partial charge is 0.245 e. The van der Waals surface area contributed by atoms with Crippen molar-refractivity contribution in [3.63, 3.8) is 0 Å². The van der Waals surface area contributed by atoms with E-state index in [1.54, 1.807) is 12.3 Å². The number of rotatable bonds is 2. The molecule has 15 heavy (non-hydrogen) atoms. The third-order valence-electron chi connectivity index (χ3n) is 2.10. The van der Waals surface area contributed by atoms with E-state index in [1.807, 2.05) is 12.1 Å². The van der Waals surface area contributed by atoms with Crippen LogP contribution in [-0.2, 0) is 0 Å². The van der Waals surface area contributed by atoms with Crippen LogP contribution in [0.2, 0.25) is 0 Å². The maximum Gasteiger partial charge on any atom is 0.245 e. The Morgan fingerprint density at radius 3 is 2.67 bits per heavy atom. The van der Waals surface area contributed by atoms with Crippen LogP contribution in [-0.4, -0.2) is 9.97 Å². The van der Waals surface area contributed by atoms with Gasteiger partial charge in [-0.05, 0) is 18.1 Å². The summed E-state index contributed by atoms with van der Waals surface area (Å²) < 4.78 is 5.34. The number of hydrogen-bond donors (Lipinski definition) is 1. The third-order valence-corrected chi connectivity index (χ3v) is 2.10. The highest BCUT2D eigenvalue weighted by atomic mass is 16.3. The zero-order valence-corrected chi connectivity index (χ0v) is 8.77. The number of anilines is 1. The van der Waals surface area contributed by atoms with Crippen molar-refractivity contribution in [2.45, 2.75) is 19.8 Å². The molecule has 2 heterocycles. The predicted octanol–water partition coefficient (Wildman–Crippen LogP) is 2.44. The molecule has 78 valence electrons. The van der Waals surface area contributed by atoms with Crippen molar-refractivity contribution in [2.24, 2.45) is 0 Å². The minimum Gasteiger partial charge on any atom is -0.443 e. The zero-order valence-electron chi connectivity index (χ0n) is 8.77. The van der Waals surface area contributed by atoms with Gasteiger partial charge in [0.2, 0.25) is 5.89 Å². The minimum atomic E-state index is 0.351. The summed E-state index contributed by atoms with van der Waals surface area (Å²) in [5.74, 6) is 1.34. The molecular weight excluding hydrogens is 190 g/mol. The van der Waals surface area contributed by atoms with Gasteiger partial charge >= 0.3 is 0 Å². The van der Waals surface area contributed by atoms with Gasteiger partial charge in [-0.25, -0.2) is 9.97 Å². The lowest BCUT2D eigenvalue weighted by Crippen LogP contribution is -1.92. The molecule has 0 aromatic carbocycles. The van der Waals surface area contributed by atoms with E-state index in [1.165, 1.54) is 0 Å². The summed E-state index contributed by atoms with van der Waals surface area (Å²) in [5, 5.41) is 0. The largest absolute Gasteiger partial charge is 0.443 e. The van der Waals surface area contributed by atoms with E-state index in [0.29, 0.717) is 23.3 Å². The molecule has 2 rings (SSSR count). The van der Waals surface area contributed by atoms with Gasteiger partial charge in [0.05, 0.1) is 5.69 Å². The van der Waals surface area contributed by atoms with Gasteiger partial charge in [-0.3, -0.25) is 0 Å². The summed E-state index contributed by atoms with van der Waals surface area (Å²) in [4.78, 5) is 8.47. The van der Waals surface area contributed by atoms with Crippen LogP contribution in [0.25, 0.3) is 11.6 Å². The Morgan fingerprint density at radius 1 is 1.27 bits per heavy atom. The highest BCUT2D eigenvalue weighted by Crippen LogP contribution is 2.20. The molecule has 0 fully saturated rings. The molecule has 2 aromatic heterocycles. The molecule has 0 aliphatic rings. The van der Waals surface area contributed by atoms with Gasteiger partial charge in [-0.2, -0.15) is 0 Å². The number of nitrogens with zero attached hydrogens (tertiary/aromatic N) is 2. The molecule has 0 atom stereocenters. The molecule has 4 heteroatoms. The van der Waals surface area contributed by atoms with Crippen LogP contribution in [0, 0.1) is 0 Å². The van der Waals surface area contributed by atoms with Gasteiger partial charge in [0.25, 0.3) is 0 Å². The summed E-state index contributed by atoms with van der Waals surface area (Å²) >= 11 is 0. The molecular formula is C11H13N3O. The van der Waals surface area contributed by atoms with Gasteiger partial charge in [-0.15, -0.1) is 0 Å². The predicted molar refractivity (Wildman–Crippen MR) is 58.2 cm³/mol. The number of pyridine rings is 1. The third kappa shape index (κ3) is 1.98. The Balaban J connectivity index is 2.37. The molecule has 0 aliphatic heterocycles. The van der Waals surface area contributed by atoms with Crippen molar-refractivity contribution in [2.75, 3.05) is 5.73 Å². The highest BCUT2D eigenvalue weighted by Gasteiger charge is 2.10. The second kappa shape index (κ2) is 3.73. The quantitative estimate of drug-likeness (QED) is 0.814. The highest BCUT2D eigenvalue weighted by molar-refractivity contribution is 5.50. The van der Waals surface area contributed by atoms with Gasteiger partial charge in [0.15, 0.2) is 0 Å². The summed E-state index contributed by atoms with van der Waals surface area (Å²) in [5.41, 5.74) is 7.18.